The van der Waals surface area contributed by atoms with Gasteiger partial charge in [0.25, 0.3) is 0 Å². The van der Waals surface area contributed by atoms with Gasteiger partial charge in [-0.15, -0.1) is 0 Å². The van der Waals surface area contributed by atoms with Crippen LogP contribution >= 0.6 is 0 Å². The molecule has 2 nitrogen and oxygen atoms in total. The number of nitrogens with one attached hydrogen (secondary N) is 1. The highest BCUT2D eigenvalue weighted by Gasteiger charge is 1.98. The Kier molecular flexibility index (Phi) is 7.68. The van der Waals surface area contributed by atoms with Crippen molar-refractivity contribution >= 4 is 0 Å². The minimum Gasteiger partial charge on any atom is -0.494 e. The summed E-state index contributed by atoms with van der Waals surface area (Å²) < 4.78 is 5.84. The van der Waals surface area contributed by atoms with Gasteiger partial charge in [0.1, 0.15) is 5.75 Å². The maximum Gasteiger partial charge on any atom is 0.119 e. The molecule has 2 aromatic rings. The van der Waals surface area contributed by atoms with Gasteiger partial charge in [-0.1, -0.05) is 68.1 Å². The average molecular weight is 311 g/mol. The SMILES string of the molecule is CCCCCCOc1cccc(CNCc2ccc(C)cc2)c1. The van der Waals surface area contributed by atoms with Gasteiger partial charge in [-0.25, -0.2) is 0 Å². The summed E-state index contributed by atoms with van der Waals surface area (Å²) in [5, 5.41) is 3.49. The highest BCUT2D eigenvalue weighted by atomic mass is 16.5. The summed E-state index contributed by atoms with van der Waals surface area (Å²) in [6.07, 6.45) is 4.96. The van der Waals surface area contributed by atoms with Gasteiger partial charge in [-0.2, -0.15) is 0 Å². The molecule has 1 N–H and O–H groups in total. The lowest BCUT2D eigenvalue weighted by atomic mass is 10.1. The summed E-state index contributed by atoms with van der Waals surface area (Å²) >= 11 is 0. The Hall–Kier alpha value is -1.80. The molecule has 124 valence electrons. The van der Waals surface area contributed by atoms with Crippen LogP contribution in [-0.4, -0.2) is 6.61 Å². The number of hydrogen-bond acceptors (Lipinski definition) is 2. The standard InChI is InChI=1S/C21H29NO/c1-3-4-5-6-14-23-21-9-7-8-20(15-21)17-22-16-19-12-10-18(2)11-13-19/h7-13,15,22H,3-6,14,16-17H2,1-2H3. The highest BCUT2D eigenvalue weighted by molar-refractivity contribution is 5.28. The van der Waals surface area contributed by atoms with Crippen molar-refractivity contribution in [3.05, 3.63) is 65.2 Å². The van der Waals surface area contributed by atoms with Gasteiger partial charge in [0.15, 0.2) is 0 Å². The zero-order valence-corrected chi connectivity index (χ0v) is 14.5. The maximum atomic E-state index is 5.84. The van der Waals surface area contributed by atoms with Crippen molar-refractivity contribution in [1.29, 1.82) is 0 Å². The highest BCUT2D eigenvalue weighted by Crippen LogP contribution is 2.14. The Morgan fingerprint density at radius 1 is 0.870 bits per heavy atom. The molecule has 2 aromatic carbocycles. The molecule has 0 saturated heterocycles. The summed E-state index contributed by atoms with van der Waals surface area (Å²) in [6.45, 7) is 6.92. The molecule has 23 heavy (non-hydrogen) atoms. The van der Waals surface area contributed by atoms with Gasteiger partial charge in [-0.05, 0) is 36.6 Å². The van der Waals surface area contributed by atoms with Gasteiger partial charge < -0.3 is 10.1 Å². The van der Waals surface area contributed by atoms with E-state index in [9.17, 15) is 0 Å². The Morgan fingerprint density at radius 2 is 1.65 bits per heavy atom. The van der Waals surface area contributed by atoms with Crippen molar-refractivity contribution in [3.8, 4) is 5.75 Å². The lowest BCUT2D eigenvalue weighted by molar-refractivity contribution is 0.304. The number of hydrogen-bond donors (Lipinski definition) is 1. The number of benzene rings is 2. The molecule has 0 heterocycles. The second-order valence-electron chi connectivity index (χ2n) is 6.15. The molecule has 0 fully saturated rings. The molecule has 0 unspecified atom stereocenters. The number of rotatable bonds is 10. The van der Waals surface area contributed by atoms with Crippen LogP contribution in [0.25, 0.3) is 0 Å². The fraction of sp³-hybridized carbons (Fsp3) is 0.429. The summed E-state index contributed by atoms with van der Waals surface area (Å²) in [5.74, 6) is 0.983. The van der Waals surface area contributed by atoms with Crippen molar-refractivity contribution in [3.63, 3.8) is 0 Å². The predicted molar refractivity (Wildman–Crippen MR) is 97.8 cm³/mol. The zero-order chi connectivity index (χ0) is 16.3. The maximum absolute atomic E-state index is 5.84. The van der Waals surface area contributed by atoms with E-state index in [1.54, 1.807) is 0 Å². The van der Waals surface area contributed by atoms with Crippen LogP contribution in [0.2, 0.25) is 0 Å². The van der Waals surface area contributed by atoms with Crippen molar-refractivity contribution in [2.75, 3.05) is 6.61 Å². The van der Waals surface area contributed by atoms with Crippen molar-refractivity contribution in [1.82, 2.24) is 5.32 Å². The van der Waals surface area contributed by atoms with E-state index in [4.69, 9.17) is 4.74 Å². The first kappa shape index (κ1) is 17.6. The van der Waals surface area contributed by atoms with E-state index in [2.05, 4.69) is 61.6 Å². The van der Waals surface area contributed by atoms with Gasteiger partial charge in [0.05, 0.1) is 6.61 Å². The van der Waals surface area contributed by atoms with Crippen LogP contribution in [0.3, 0.4) is 0 Å². The molecule has 0 aliphatic rings. The molecule has 0 aliphatic carbocycles. The zero-order valence-electron chi connectivity index (χ0n) is 14.5. The van der Waals surface area contributed by atoms with E-state index < -0.39 is 0 Å². The van der Waals surface area contributed by atoms with E-state index in [1.807, 2.05) is 6.07 Å². The molecule has 0 bridgehead atoms. The lowest BCUT2D eigenvalue weighted by Crippen LogP contribution is -2.12. The molecule has 2 heteroatoms. The third-order valence-electron chi connectivity index (χ3n) is 3.94. The largest absolute Gasteiger partial charge is 0.494 e. The predicted octanol–water partition coefficient (Wildman–Crippen LogP) is 5.24. The molecule has 2 rings (SSSR count). The van der Waals surface area contributed by atoms with Gasteiger partial charge in [0, 0.05) is 13.1 Å². The minimum absolute atomic E-state index is 0.820. The molecular formula is C21H29NO. The van der Waals surface area contributed by atoms with E-state index >= 15 is 0 Å². The first-order chi connectivity index (χ1) is 11.3. The van der Waals surface area contributed by atoms with Crippen LogP contribution in [0.15, 0.2) is 48.5 Å². The summed E-state index contributed by atoms with van der Waals surface area (Å²) in [6, 6.07) is 17.1. The first-order valence-corrected chi connectivity index (χ1v) is 8.76. The Bertz CT molecular complexity index is 562. The molecular weight excluding hydrogens is 282 g/mol. The summed E-state index contributed by atoms with van der Waals surface area (Å²) in [4.78, 5) is 0. The molecule has 0 aliphatic heterocycles. The third kappa shape index (κ3) is 6.87. The van der Waals surface area contributed by atoms with E-state index in [1.165, 1.54) is 36.0 Å². The van der Waals surface area contributed by atoms with Crippen LogP contribution < -0.4 is 10.1 Å². The fourth-order valence-electron chi connectivity index (χ4n) is 2.52. The number of unbranched alkanes of at least 4 members (excludes halogenated alkanes) is 3. The number of aryl methyl sites for hydroxylation is 1. The van der Waals surface area contributed by atoms with Crippen LogP contribution in [0.1, 0.15) is 49.3 Å². The normalized spacial score (nSPS) is 10.7. The first-order valence-electron chi connectivity index (χ1n) is 8.76. The van der Waals surface area contributed by atoms with Gasteiger partial charge in [-0.3, -0.25) is 0 Å². The minimum atomic E-state index is 0.820. The van der Waals surface area contributed by atoms with Crippen LogP contribution in [0.4, 0.5) is 0 Å². The lowest BCUT2D eigenvalue weighted by Gasteiger charge is -2.09. The van der Waals surface area contributed by atoms with Crippen molar-refractivity contribution in [2.45, 2.75) is 52.6 Å². The summed E-state index contributed by atoms with van der Waals surface area (Å²) in [5.41, 5.74) is 3.89. The monoisotopic (exact) mass is 311 g/mol. The van der Waals surface area contributed by atoms with Gasteiger partial charge >= 0.3 is 0 Å². The van der Waals surface area contributed by atoms with Crippen LogP contribution in [0.5, 0.6) is 5.75 Å². The van der Waals surface area contributed by atoms with Gasteiger partial charge in [0.2, 0.25) is 0 Å². The summed E-state index contributed by atoms with van der Waals surface area (Å²) in [7, 11) is 0. The second kappa shape index (κ2) is 10.1. The van der Waals surface area contributed by atoms with E-state index in [0.29, 0.717) is 0 Å². The second-order valence-corrected chi connectivity index (χ2v) is 6.15. The molecule has 0 radical (unpaired) electrons. The Morgan fingerprint density at radius 3 is 2.43 bits per heavy atom. The van der Waals surface area contributed by atoms with E-state index in [-0.39, 0.29) is 0 Å². The molecule has 0 atom stereocenters. The Labute approximate surface area is 140 Å². The number of ether oxygens (including phenoxy) is 1. The fourth-order valence-corrected chi connectivity index (χ4v) is 2.52. The van der Waals surface area contributed by atoms with Crippen LogP contribution in [0, 0.1) is 6.92 Å². The van der Waals surface area contributed by atoms with E-state index in [0.717, 1.165) is 31.9 Å². The van der Waals surface area contributed by atoms with Crippen LogP contribution in [-0.2, 0) is 13.1 Å². The third-order valence-corrected chi connectivity index (χ3v) is 3.94. The van der Waals surface area contributed by atoms with Crippen molar-refractivity contribution in [2.24, 2.45) is 0 Å². The Balaban J connectivity index is 1.72. The molecule has 0 amide bonds. The quantitative estimate of drug-likeness (QED) is 0.606. The van der Waals surface area contributed by atoms with Crippen molar-refractivity contribution < 1.29 is 4.74 Å². The molecule has 0 aromatic heterocycles. The molecule has 0 saturated carbocycles. The average Bonchev–Trinajstić information content (AvgIpc) is 2.57. The topological polar surface area (TPSA) is 21.3 Å². The smallest absolute Gasteiger partial charge is 0.119 e. The molecule has 0 spiro atoms.